The molecule has 0 aromatic heterocycles. The molecule has 0 N–H and O–H groups in total. The molecular formula is C15H13NO5. The summed E-state index contributed by atoms with van der Waals surface area (Å²) in [6.07, 6.45) is 1.14. The second-order valence-electron chi connectivity index (χ2n) is 6.28. The van der Waals surface area contributed by atoms with Gasteiger partial charge in [-0.2, -0.15) is 0 Å². The number of rotatable bonds is 2. The highest BCUT2D eigenvalue weighted by Gasteiger charge is 2.66. The Morgan fingerprint density at radius 3 is 2.24 bits per heavy atom. The monoisotopic (exact) mass is 287 g/mol. The van der Waals surface area contributed by atoms with Gasteiger partial charge < -0.3 is 9.57 Å². The molecule has 0 radical (unpaired) electrons. The molecule has 6 heteroatoms. The molecule has 108 valence electrons. The Kier molecular flexibility index (Phi) is 2.21. The van der Waals surface area contributed by atoms with Crippen LogP contribution < -0.4 is 0 Å². The highest BCUT2D eigenvalue weighted by atomic mass is 16.7. The van der Waals surface area contributed by atoms with Gasteiger partial charge in [-0.3, -0.25) is 9.59 Å². The largest absolute Gasteiger partial charge is 0.364 e. The lowest BCUT2D eigenvalue weighted by atomic mass is 9.64. The summed E-state index contributed by atoms with van der Waals surface area (Å²) < 4.78 is 5.51. The third-order valence-corrected chi connectivity index (χ3v) is 4.42. The average Bonchev–Trinajstić information content (AvgIpc) is 3.04. The van der Waals surface area contributed by atoms with Crippen molar-refractivity contribution in [3.05, 3.63) is 35.4 Å². The summed E-state index contributed by atoms with van der Waals surface area (Å²) in [6.45, 7) is 2.54. The van der Waals surface area contributed by atoms with Gasteiger partial charge in [0.15, 0.2) is 5.60 Å². The van der Waals surface area contributed by atoms with Crippen molar-refractivity contribution in [3.8, 4) is 0 Å². The van der Waals surface area contributed by atoms with E-state index in [4.69, 9.17) is 9.57 Å². The van der Waals surface area contributed by atoms with Gasteiger partial charge in [-0.05, 0) is 30.4 Å². The molecule has 1 aromatic rings. The third kappa shape index (κ3) is 1.53. The van der Waals surface area contributed by atoms with E-state index in [1.165, 1.54) is 12.1 Å². The third-order valence-electron chi connectivity index (χ3n) is 4.42. The van der Waals surface area contributed by atoms with Crippen molar-refractivity contribution in [3.63, 3.8) is 0 Å². The van der Waals surface area contributed by atoms with Gasteiger partial charge in [0.1, 0.15) is 0 Å². The molecule has 21 heavy (non-hydrogen) atoms. The molecule has 5 rings (SSSR count). The van der Waals surface area contributed by atoms with E-state index >= 15 is 0 Å². The van der Waals surface area contributed by atoms with Crippen LogP contribution in [-0.2, 0) is 14.4 Å². The zero-order valence-electron chi connectivity index (χ0n) is 11.4. The number of benzene rings is 1. The molecule has 3 aliphatic heterocycles. The minimum absolute atomic E-state index is 0.0149. The first-order valence-electron chi connectivity index (χ1n) is 6.78. The number of nitrogens with zero attached hydrogens (tertiary/aromatic N) is 1. The normalized spacial score (nSPS) is 32.9. The van der Waals surface area contributed by atoms with E-state index in [-0.39, 0.29) is 16.5 Å². The van der Waals surface area contributed by atoms with E-state index in [9.17, 15) is 14.4 Å². The Bertz CT molecular complexity index is 654. The van der Waals surface area contributed by atoms with E-state index in [0.717, 1.165) is 0 Å². The number of hydrogen-bond acceptors (Lipinski definition) is 5. The number of carbonyl (C=O) groups is 3. The van der Waals surface area contributed by atoms with Gasteiger partial charge in [0.25, 0.3) is 11.8 Å². The topological polar surface area (TPSA) is 72.9 Å². The van der Waals surface area contributed by atoms with Gasteiger partial charge in [0, 0.05) is 0 Å². The minimum atomic E-state index is -0.982. The standard InChI is InChI=1S/C15H13NO5/c1-14-6-15(7-14,20-8-14)13(19)21-16-11(17)9-4-2-3-5-10(9)12(16)18/h2-5H,6-8H2,1H3. The number of hydrogen-bond donors (Lipinski definition) is 0. The zero-order valence-corrected chi connectivity index (χ0v) is 11.4. The molecule has 0 atom stereocenters. The number of carbonyl (C=O) groups excluding carboxylic acids is 3. The fourth-order valence-corrected chi connectivity index (χ4v) is 3.46. The first-order chi connectivity index (χ1) is 9.94. The molecule has 1 saturated carbocycles. The molecule has 0 unspecified atom stereocenters. The molecule has 1 aliphatic carbocycles. The SMILES string of the molecule is CC12COC(C(=O)ON3C(=O)c4ccccc4C3=O)(C1)C2. The molecule has 1 aromatic carbocycles. The molecule has 2 bridgehead atoms. The Morgan fingerprint density at radius 1 is 1.19 bits per heavy atom. The number of hydroxylamine groups is 2. The summed E-state index contributed by atoms with van der Waals surface area (Å²) in [4.78, 5) is 41.6. The Labute approximate surface area is 120 Å². The molecule has 0 spiro atoms. The van der Waals surface area contributed by atoms with Gasteiger partial charge in [0.05, 0.1) is 17.7 Å². The summed E-state index contributed by atoms with van der Waals surface area (Å²) in [5.41, 5.74) is -0.470. The van der Waals surface area contributed by atoms with Gasteiger partial charge in [0.2, 0.25) is 0 Å². The van der Waals surface area contributed by atoms with Crippen molar-refractivity contribution in [2.24, 2.45) is 5.41 Å². The predicted molar refractivity (Wildman–Crippen MR) is 69.1 cm³/mol. The van der Waals surface area contributed by atoms with Gasteiger partial charge in [-0.1, -0.05) is 24.1 Å². The van der Waals surface area contributed by atoms with Crippen molar-refractivity contribution in [2.45, 2.75) is 25.4 Å². The zero-order chi connectivity index (χ0) is 14.8. The van der Waals surface area contributed by atoms with Crippen LogP contribution in [0.1, 0.15) is 40.5 Å². The van der Waals surface area contributed by atoms with Crippen molar-refractivity contribution < 1.29 is 24.0 Å². The minimum Gasteiger partial charge on any atom is -0.363 e. The number of amides is 2. The fraction of sp³-hybridized carbons (Fsp3) is 0.400. The molecule has 4 aliphatic rings. The van der Waals surface area contributed by atoms with E-state index < -0.39 is 23.4 Å². The van der Waals surface area contributed by atoms with Crippen molar-refractivity contribution in [1.29, 1.82) is 0 Å². The maximum absolute atomic E-state index is 12.3. The Hall–Kier alpha value is -2.21. The van der Waals surface area contributed by atoms with E-state index in [1.807, 2.05) is 6.92 Å². The van der Waals surface area contributed by atoms with Crippen LogP contribution in [0.25, 0.3) is 0 Å². The lowest BCUT2D eigenvalue weighted by Crippen LogP contribution is -2.52. The number of ether oxygens (including phenoxy) is 1. The van der Waals surface area contributed by atoms with E-state index in [1.54, 1.807) is 12.1 Å². The van der Waals surface area contributed by atoms with Gasteiger partial charge in [-0.25, -0.2) is 4.79 Å². The van der Waals surface area contributed by atoms with Crippen LogP contribution in [0, 0.1) is 5.41 Å². The molecule has 2 amide bonds. The van der Waals surface area contributed by atoms with Crippen LogP contribution in [0.5, 0.6) is 0 Å². The lowest BCUT2D eigenvalue weighted by Gasteiger charge is -2.40. The van der Waals surface area contributed by atoms with Crippen LogP contribution in [-0.4, -0.2) is 35.1 Å². The second-order valence-corrected chi connectivity index (χ2v) is 6.28. The van der Waals surface area contributed by atoms with Crippen LogP contribution >= 0.6 is 0 Å². The summed E-state index contributed by atoms with van der Waals surface area (Å²) >= 11 is 0. The summed E-state index contributed by atoms with van der Waals surface area (Å²) in [7, 11) is 0. The van der Waals surface area contributed by atoms with E-state index in [0.29, 0.717) is 24.5 Å². The first kappa shape index (κ1) is 12.5. The maximum atomic E-state index is 12.3. The molecule has 2 saturated heterocycles. The van der Waals surface area contributed by atoms with Crippen molar-refractivity contribution in [1.82, 2.24) is 5.06 Å². The Morgan fingerprint density at radius 2 is 1.76 bits per heavy atom. The van der Waals surface area contributed by atoms with Crippen molar-refractivity contribution >= 4 is 17.8 Å². The van der Waals surface area contributed by atoms with Crippen LogP contribution in [0.3, 0.4) is 0 Å². The lowest BCUT2D eigenvalue weighted by molar-refractivity contribution is -0.195. The maximum Gasteiger partial charge on any atom is 0.364 e. The molecule has 3 heterocycles. The van der Waals surface area contributed by atoms with Crippen LogP contribution in [0.15, 0.2) is 24.3 Å². The number of fused-ring (bicyclic) bond motifs is 2. The molecule has 6 nitrogen and oxygen atoms in total. The van der Waals surface area contributed by atoms with Crippen molar-refractivity contribution in [2.75, 3.05) is 6.61 Å². The van der Waals surface area contributed by atoms with E-state index in [2.05, 4.69) is 0 Å². The smallest absolute Gasteiger partial charge is 0.363 e. The number of imide groups is 1. The average molecular weight is 287 g/mol. The van der Waals surface area contributed by atoms with Gasteiger partial charge >= 0.3 is 5.97 Å². The predicted octanol–water partition coefficient (Wildman–Crippen LogP) is 1.31. The highest BCUT2D eigenvalue weighted by Crippen LogP contribution is 2.58. The highest BCUT2D eigenvalue weighted by molar-refractivity contribution is 6.21. The Balaban J connectivity index is 1.56. The van der Waals surface area contributed by atoms with Gasteiger partial charge in [-0.15, -0.1) is 0 Å². The van der Waals surface area contributed by atoms with Crippen LogP contribution in [0.4, 0.5) is 0 Å². The quantitative estimate of drug-likeness (QED) is 0.767. The second kappa shape index (κ2) is 3.71. The summed E-state index contributed by atoms with van der Waals surface area (Å²) in [5.74, 6) is -1.88. The summed E-state index contributed by atoms with van der Waals surface area (Å²) in [5, 5.41) is 0.541. The summed E-state index contributed by atoms with van der Waals surface area (Å²) in [6, 6.07) is 6.39. The molecular weight excluding hydrogens is 274 g/mol. The molecule has 3 fully saturated rings. The fourth-order valence-electron chi connectivity index (χ4n) is 3.46. The van der Waals surface area contributed by atoms with Crippen LogP contribution in [0.2, 0.25) is 0 Å². The first-order valence-corrected chi connectivity index (χ1v) is 6.78.